The summed E-state index contributed by atoms with van der Waals surface area (Å²) in [4.78, 5) is 11.9. The van der Waals surface area contributed by atoms with Crippen molar-refractivity contribution < 1.29 is 9.53 Å². The highest BCUT2D eigenvalue weighted by molar-refractivity contribution is 6.32. The summed E-state index contributed by atoms with van der Waals surface area (Å²) in [6.07, 6.45) is 2.85. The number of benzene rings is 2. The van der Waals surface area contributed by atoms with E-state index in [9.17, 15) is 4.79 Å². The zero-order valence-corrected chi connectivity index (χ0v) is 15.7. The summed E-state index contributed by atoms with van der Waals surface area (Å²) in [6.45, 7) is 6.33. The average Bonchev–Trinajstić information content (AvgIpc) is 3.42. The predicted molar refractivity (Wildman–Crippen MR) is 103 cm³/mol. The molecule has 1 fully saturated rings. The Balaban J connectivity index is 1.88. The lowest BCUT2D eigenvalue weighted by Crippen LogP contribution is -2.13. The molecule has 0 radical (unpaired) electrons. The van der Waals surface area contributed by atoms with Crippen LogP contribution >= 0.6 is 11.6 Å². The Morgan fingerprint density at radius 1 is 1.24 bits per heavy atom. The highest BCUT2D eigenvalue weighted by atomic mass is 35.5. The fourth-order valence-electron chi connectivity index (χ4n) is 2.91. The van der Waals surface area contributed by atoms with Crippen molar-refractivity contribution in [1.82, 2.24) is 0 Å². The van der Waals surface area contributed by atoms with Gasteiger partial charge in [-0.25, -0.2) is 0 Å². The van der Waals surface area contributed by atoms with Gasteiger partial charge in [0.25, 0.3) is 0 Å². The van der Waals surface area contributed by atoms with Crippen LogP contribution in [0.4, 0.5) is 5.69 Å². The van der Waals surface area contributed by atoms with E-state index in [1.807, 2.05) is 45.0 Å². The van der Waals surface area contributed by atoms with E-state index in [4.69, 9.17) is 16.3 Å². The number of nitrogens with one attached hydrogen (secondary N) is 1. The number of rotatable bonds is 6. The van der Waals surface area contributed by atoms with Crippen molar-refractivity contribution >= 4 is 23.2 Å². The molecule has 1 amide bonds. The van der Waals surface area contributed by atoms with E-state index >= 15 is 0 Å². The third kappa shape index (κ3) is 4.16. The van der Waals surface area contributed by atoms with Crippen LogP contribution in [-0.4, -0.2) is 5.91 Å². The first kappa shape index (κ1) is 17.8. The molecule has 0 aromatic heterocycles. The summed E-state index contributed by atoms with van der Waals surface area (Å²) in [7, 11) is 0. The van der Waals surface area contributed by atoms with Gasteiger partial charge in [0.05, 0.1) is 5.02 Å². The summed E-state index contributed by atoms with van der Waals surface area (Å²) in [5.41, 5.74) is 5.46. The van der Waals surface area contributed by atoms with E-state index in [-0.39, 0.29) is 5.91 Å². The molecular formula is C21H24ClNO2. The molecule has 0 atom stereocenters. The van der Waals surface area contributed by atoms with Crippen LogP contribution in [0.1, 0.15) is 54.4 Å². The summed E-state index contributed by atoms with van der Waals surface area (Å²) >= 11 is 6.33. The topological polar surface area (TPSA) is 38.3 Å². The van der Waals surface area contributed by atoms with E-state index in [1.165, 1.54) is 18.4 Å². The lowest BCUT2D eigenvalue weighted by Gasteiger charge is -2.17. The van der Waals surface area contributed by atoms with Crippen molar-refractivity contribution in [3.8, 4) is 5.75 Å². The molecule has 4 heteroatoms. The number of halogens is 1. The van der Waals surface area contributed by atoms with Gasteiger partial charge < -0.3 is 10.1 Å². The van der Waals surface area contributed by atoms with Crippen molar-refractivity contribution in [1.29, 1.82) is 0 Å². The predicted octanol–water partition coefficient (Wildman–Crippen LogP) is 5.76. The van der Waals surface area contributed by atoms with Gasteiger partial charge >= 0.3 is 0 Å². The number of carbonyl (C=O) groups is 1. The van der Waals surface area contributed by atoms with Crippen LogP contribution in [0.3, 0.4) is 0 Å². The van der Waals surface area contributed by atoms with Gasteiger partial charge in [-0.15, -0.1) is 0 Å². The number of anilines is 1. The van der Waals surface area contributed by atoms with Crippen molar-refractivity contribution in [2.45, 2.75) is 52.6 Å². The molecule has 0 saturated heterocycles. The van der Waals surface area contributed by atoms with Gasteiger partial charge in [0.2, 0.25) is 5.91 Å². The summed E-state index contributed by atoms with van der Waals surface area (Å²) < 4.78 is 6.05. The van der Waals surface area contributed by atoms with Gasteiger partial charge in [-0.2, -0.15) is 0 Å². The first-order valence-electron chi connectivity index (χ1n) is 8.80. The highest BCUT2D eigenvalue weighted by Gasteiger charge is 2.27. The smallest absolute Gasteiger partial charge is 0.224 e. The summed E-state index contributed by atoms with van der Waals surface area (Å²) in [5, 5.41) is 3.62. The van der Waals surface area contributed by atoms with E-state index in [0.717, 1.165) is 22.4 Å². The van der Waals surface area contributed by atoms with Crippen LogP contribution in [0.15, 0.2) is 30.3 Å². The number of ether oxygens (including phenoxy) is 1. The third-order valence-electron chi connectivity index (χ3n) is 4.74. The van der Waals surface area contributed by atoms with Crippen LogP contribution in [0.5, 0.6) is 5.75 Å². The standard InChI is InChI=1S/C21H24ClNO2/c1-4-21(24)23-19-7-5-6-16(15-8-9-15)17(19)12-25-20-11-14(3)13(2)10-18(20)22/h5-7,10-11,15H,4,8-9,12H2,1-3H3,(H,23,24). The Bertz CT molecular complexity index is 797. The van der Waals surface area contributed by atoms with Crippen LogP contribution < -0.4 is 10.1 Å². The Kier molecular flexibility index (Phi) is 5.33. The maximum absolute atomic E-state index is 11.9. The number of amides is 1. The maximum atomic E-state index is 11.9. The Morgan fingerprint density at radius 3 is 2.64 bits per heavy atom. The minimum Gasteiger partial charge on any atom is -0.487 e. The Hall–Kier alpha value is -2.00. The zero-order valence-electron chi connectivity index (χ0n) is 15.0. The van der Waals surface area contributed by atoms with Crippen molar-refractivity contribution in [2.24, 2.45) is 0 Å². The van der Waals surface area contributed by atoms with Gasteiger partial charge in [0.1, 0.15) is 12.4 Å². The zero-order chi connectivity index (χ0) is 18.0. The van der Waals surface area contributed by atoms with Gasteiger partial charge in [-0.1, -0.05) is 30.7 Å². The molecule has 1 saturated carbocycles. The number of hydrogen-bond donors (Lipinski definition) is 1. The lowest BCUT2D eigenvalue weighted by atomic mass is 10.0. The molecule has 2 aromatic rings. The van der Waals surface area contributed by atoms with Gasteiger partial charge in [0.15, 0.2) is 0 Å². The van der Waals surface area contributed by atoms with Crippen LogP contribution in [0, 0.1) is 13.8 Å². The van der Waals surface area contributed by atoms with Crippen LogP contribution in [0.25, 0.3) is 0 Å². The highest BCUT2D eigenvalue weighted by Crippen LogP contribution is 2.43. The Labute approximate surface area is 154 Å². The van der Waals surface area contributed by atoms with E-state index < -0.39 is 0 Å². The molecule has 0 heterocycles. The van der Waals surface area contributed by atoms with Crippen LogP contribution in [-0.2, 0) is 11.4 Å². The average molecular weight is 358 g/mol. The van der Waals surface area contributed by atoms with Crippen molar-refractivity contribution in [2.75, 3.05) is 5.32 Å². The second-order valence-electron chi connectivity index (χ2n) is 6.70. The SMILES string of the molecule is CCC(=O)Nc1cccc(C2CC2)c1COc1cc(C)c(C)cc1Cl. The fourth-order valence-corrected chi connectivity index (χ4v) is 3.19. The first-order valence-corrected chi connectivity index (χ1v) is 9.18. The second kappa shape index (κ2) is 7.49. The molecule has 25 heavy (non-hydrogen) atoms. The van der Waals surface area contributed by atoms with Gasteiger partial charge in [-0.3, -0.25) is 4.79 Å². The largest absolute Gasteiger partial charge is 0.487 e. The monoisotopic (exact) mass is 357 g/mol. The number of carbonyl (C=O) groups excluding carboxylic acids is 1. The maximum Gasteiger partial charge on any atom is 0.224 e. The summed E-state index contributed by atoms with van der Waals surface area (Å²) in [5.74, 6) is 1.27. The van der Waals surface area contributed by atoms with Crippen molar-refractivity contribution in [3.63, 3.8) is 0 Å². The third-order valence-corrected chi connectivity index (χ3v) is 5.04. The quantitative estimate of drug-likeness (QED) is 0.713. The van der Waals surface area contributed by atoms with Gasteiger partial charge in [0, 0.05) is 17.7 Å². The molecular weight excluding hydrogens is 334 g/mol. The molecule has 2 aromatic carbocycles. The molecule has 0 aliphatic heterocycles. The second-order valence-corrected chi connectivity index (χ2v) is 7.11. The minimum atomic E-state index is 0.0124. The van der Waals surface area contributed by atoms with E-state index in [2.05, 4.69) is 11.4 Å². The molecule has 132 valence electrons. The fraction of sp³-hybridized carbons (Fsp3) is 0.381. The van der Waals surface area contributed by atoms with Crippen LogP contribution in [0.2, 0.25) is 5.02 Å². The molecule has 1 aliphatic carbocycles. The molecule has 1 aliphatic rings. The first-order chi connectivity index (χ1) is 12.0. The normalized spacial score (nSPS) is 13.6. The number of aryl methyl sites for hydroxylation is 2. The van der Waals surface area contributed by atoms with Gasteiger partial charge in [-0.05, 0) is 67.5 Å². The molecule has 0 bridgehead atoms. The van der Waals surface area contributed by atoms with E-state index in [0.29, 0.717) is 29.7 Å². The van der Waals surface area contributed by atoms with Crippen molar-refractivity contribution in [3.05, 3.63) is 57.6 Å². The molecule has 0 unspecified atom stereocenters. The lowest BCUT2D eigenvalue weighted by molar-refractivity contribution is -0.115. The minimum absolute atomic E-state index is 0.0124. The number of hydrogen-bond acceptors (Lipinski definition) is 2. The Morgan fingerprint density at radius 2 is 1.96 bits per heavy atom. The molecule has 3 nitrogen and oxygen atoms in total. The molecule has 1 N–H and O–H groups in total. The summed E-state index contributed by atoms with van der Waals surface area (Å²) in [6, 6.07) is 9.99. The molecule has 0 spiro atoms. The molecule has 3 rings (SSSR count). The van der Waals surface area contributed by atoms with E-state index in [1.54, 1.807) is 0 Å².